The summed E-state index contributed by atoms with van der Waals surface area (Å²) in [6.07, 6.45) is 7.50. The minimum Gasteiger partial charge on any atom is -0.497 e. The fourth-order valence-electron chi connectivity index (χ4n) is 4.98. The fourth-order valence-corrected chi connectivity index (χ4v) is 4.98. The summed E-state index contributed by atoms with van der Waals surface area (Å²) in [7, 11) is 1.68. The lowest BCUT2D eigenvalue weighted by Crippen LogP contribution is -2.20. The van der Waals surface area contributed by atoms with Crippen LogP contribution in [0.1, 0.15) is 48.2 Å². The van der Waals surface area contributed by atoms with Crippen molar-refractivity contribution in [1.82, 2.24) is 9.97 Å². The molecule has 1 N–H and O–H groups in total. The number of rotatable bonds is 6. The minimum atomic E-state index is -0.309. The van der Waals surface area contributed by atoms with Crippen LogP contribution in [-0.2, 0) is 30.5 Å². The Bertz CT molecular complexity index is 1170. The van der Waals surface area contributed by atoms with E-state index in [4.69, 9.17) is 14.7 Å². The van der Waals surface area contributed by atoms with Crippen LogP contribution in [0.2, 0.25) is 0 Å². The summed E-state index contributed by atoms with van der Waals surface area (Å²) in [5, 5.41) is 3.01. The first-order valence-corrected chi connectivity index (χ1v) is 11.7. The standard InChI is InChI=1S/C27H28FN3O2/c1-33-21-11-12-22-19(16-21)8-13-23-26(22)29-24(14-17-4-2-3-5-17)27(30-23)31-25(32)15-18-6-9-20(28)10-7-18/h6-7,9-12,16-17H,2-5,8,13-15H2,1H3,(H,30,31,32). The molecule has 5 rings (SSSR count). The van der Waals surface area contributed by atoms with E-state index < -0.39 is 0 Å². The van der Waals surface area contributed by atoms with E-state index >= 15 is 0 Å². The molecule has 2 aliphatic rings. The van der Waals surface area contributed by atoms with Crippen LogP contribution in [0.4, 0.5) is 10.2 Å². The van der Waals surface area contributed by atoms with E-state index in [1.165, 1.54) is 43.4 Å². The zero-order chi connectivity index (χ0) is 22.8. The molecule has 33 heavy (non-hydrogen) atoms. The molecule has 1 saturated carbocycles. The van der Waals surface area contributed by atoms with Crippen molar-refractivity contribution in [2.45, 2.75) is 51.4 Å². The molecule has 0 atom stereocenters. The maximum Gasteiger partial charge on any atom is 0.229 e. The zero-order valence-corrected chi connectivity index (χ0v) is 18.9. The Morgan fingerprint density at radius 2 is 1.88 bits per heavy atom. The predicted octanol–water partition coefficient (Wildman–Crippen LogP) is 5.30. The van der Waals surface area contributed by atoms with Gasteiger partial charge in [0.15, 0.2) is 5.82 Å². The second kappa shape index (κ2) is 9.30. The highest BCUT2D eigenvalue weighted by Crippen LogP contribution is 2.36. The largest absolute Gasteiger partial charge is 0.497 e. The average molecular weight is 446 g/mol. The van der Waals surface area contributed by atoms with Crippen molar-refractivity contribution in [3.05, 3.63) is 70.8 Å². The predicted molar refractivity (Wildman–Crippen MR) is 126 cm³/mol. The highest BCUT2D eigenvalue weighted by Gasteiger charge is 2.25. The number of carbonyl (C=O) groups is 1. The number of ether oxygens (including phenoxy) is 1. The van der Waals surface area contributed by atoms with Crippen LogP contribution in [0.15, 0.2) is 42.5 Å². The maximum absolute atomic E-state index is 13.2. The molecule has 1 heterocycles. The molecular formula is C27H28FN3O2. The molecule has 6 heteroatoms. The zero-order valence-electron chi connectivity index (χ0n) is 18.9. The first-order chi connectivity index (χ1) is 16.1. The Labute approximate surface area is 193 Å². The third-order valence-electron chi connectivity index (χ3n) is 6.73. The van der Waals surface area contributed by atoms with Gasteiger partial charge in [0, 0.05) is 5.56 Å². The summed E-state index contributed by atoms with van der Waals surface area (Å²) in [5.74, 6) is 1.52. The van der Waals surface area contributed by atoms with E-state index in [0.29, 0.717) is 11.7 Å². The van der Waals surface area contributed by atoms with Crippen LogP contribution < -0.4 is 10.1 Å². The SMILES string of the molecule is COc1ccc2c(c1)CCc1nc(NC(=O)Cc3ccc(F)cc3)c(CC3CCCC3)nc1-2. The number of anilines is 1. The molecule has 170 valence electrons. The number of fused-ring (bicyclic) bond motifs is 3. The van der Waals surface area contributed by atoms with Crippen LogP contribution in [-0.4, -0.2) is 23.0 Å². The first-order valence-electron chi connectivity index (χ1n) is 11.7. The number of nitrogens with zero attached hydrogens (tertiary/aromatic N) is 2. The molecule has 5 nitrogen and oxygen atoms in total. The molecular weight excluding hydrogens is 417 g/mol. The van der Waals surface area contributed by atoms with Gasteiger partial charge >= 0.3 is 0 Å². The average Bonchev–Trinajstić information content (AvgIpc) is 3.33. The number of hydrogen-bond donors (Lipinski definition) is 1. The van der Waals surface area contributed by atoms with E-state index in [0.717, 1.165) is 53.2 Å². The summed E-state index contributed by atoms with van der Waals surface area (Å²) in [5.41, 5.74) is 5.78. The minimum absolute atomic E-state index is 0.163. The van der Waals surface area contributed by atoms with E-state index in [1.54, 1.807) is 19.2 Å². The van der Waals surface area contributed by atoms with E-state index in [1.807, 2.05) is 6.07 Å². The molecule has 1 fully saturated rings. The Morgan fingerprint density at radius 1 is 1.09 bits per heavy atom. The highest BCUT2D eigenvalue weighted by molar-refractivity contribution is 5.92. The van der Waals surface area contributed by atoms with Crippen molar-refractivity contribution in [3.8, 4) is 17.0 Å². The number of benzene rings is 2. The van der Waals surface area contributed by atoms with Gasteiger partial charge in [-0.25, -0.2) is 14.4 Å². The van der Waals surface area contributed by atoms with Gasteiger partial charge in [-0.3, -0.25) is 4.79 Å². The van der Waals surface area contributed by atoms with Gasteiger partial charge in [0.2, 0.25) is 5.91 Å². The van der Waals surface area contributed by atoms with Crippen LogP contribution in [0.3, 0.4) is 0 Å². The molecule has 0 bridgehead atoms. The lowest BCUT2D eigenvalue weighted by atomic mass is 9.91. The number of amides is 1. The summed E-state index contributed by atoms with van der Waals surface area (Å²) < 4.78 is 18.6. The molecule has 2 aromatic carbocycles. The van der Waals surface area contributed by atoms with Crippen LogP contribution >= 0.6 is 0 Å². The maximum atomic E-state index is 13.2. The summed E-state index contributed by atoms with van der Waals surface area (Å²) >= 11 is 0. The van der Waals surface area contributed by atoms with Gasteiger partial charge < -0.3 is 10.1 Å². The normalized spacial score (nSPS) is 15.1. The molecule has 1 amide bonds. The Kier molecular flexibility index (Phi) is 6.07. The Morgan fingerprint density at radius 3 is 2.64 bits per heavy atom. The molecule has 3 aromatic rings. The molecule has 0 saturated heterocycles. The van der Waals surface area contributed by atoms with Crippen LogP contribution in [0, 0.1) is 11.7 Å². The van der Waals surface area contributed by atoms with Gasteiger partial charge in [-0.1, -0.05) is 37.8 Å². The van der Waals surface area contributed by atoms with E-state index in [-0.39, 0.29) is 18.1 Å². The number of aryl methyl sites for hydroxylation is 2. The Hall–Kier alpha value is -3.28. The molecule has 0 spiro atoms. The number of halogens is 1. The number of methoxy groups -OCH3 is 1. The third-order valence-corrected chi connectivity index (χ3v) is 6.73. The smallest absolute Gasteiger partial charge is 0.229 e. The number of nitrogens with one attached hydrogen (secondary N) is 1. The highest BCUT2D eigenvalue weighted by atomic mass is 19.1. The van der Waals surface area contributed by atoms with Gasteiger partial charge in [0.25, 0.3) is 0 Å². The third kappa shape index (κ3) is 4.75. The van der Waals surface area contributed by atoms with Crippen molar-refractivity contribution in [1.29, 1.82) is 0 Å². The molecule has 0 aliphatic heterocycles. The van der Waals surface area contributed by atoms with Gasteiger partial charge in [-0.2, -0.15) is 0 Å². The monoisotopic (exact) mass is 445 g/mol. The van der Waals surface area contributed by atoms with E-state index in [2.05, 4.69) is 17.4 Å². The fraction of sp³-hybridized carbons (Fsp3) is 0.370. The van der Waals surface area contributed by atoms with Crippen molar-refractivity contribution >= 4 is 11.7 Å². The summed E-state index contributed by atoms with van der Waals surface area (Å²) in [6.45, 7) is 0. The topological polar surface area (TPSA) is 64.1 Å². The first kappa shape index (κ1) is 21.6. The molecule has 0 radical (unpaired) electrons. The lowest BCUT2D eigenvalue weighted by Gasteiger charge is -2.22. The van der Waals surface area contributed by atoms with Gasteiger partial charge in [-0.05, 0) is 66.6 Å². The second-order valence-electron chi connectivity index (χ2n) is 9.04. The second-order valence-corrected chi connectivity index (χ2v) is 9.04. The summed E-state index contributed by atoms with van der Waals surface area (Å²) in [4.78, 5) is 22.8. The van der Waals surface area contributed by atoms with Crippen molar-refractivity contribution in [2.75, 3.05) is 12.4 Å². The van der Waals surface area contributed by atoms with Gasteiger partial charge in [0.05, 0.1) is 30.6 Å². The Balaban J connectivity index is 1.46. The summed E-state index contributed by atoms with van der Waals surface area (Å²) in [6, 6.07) is 12.1. The van der Waals surface area contributed by atoms with E-state index in [9.17, 15) is 9.18 Å². The number of aromatic nitrogens is 2. The number of hydrogen-bond acceptors (Lipinski definition) is 4. The quantitative estimate of drug-likeness (QED) is 0.559. The van der Waals surface area contributed by atoms with Crippen molar-refractivity contribution in [3.63, 3.8) is 0 Å². The van der Waals surface area contributed by atoms with Crippen molar-refractivity contribution in [2.24, 2.45) is 5.92 Å². The van der Waals surface area contributed by atoms with Crippen molar-refractivity contribution < 1.29 is 13.9 Å². The lowest BCUT2D eigenvalue weighted by molar-refractivity contribution is -0.115. The molecule has 2 aliphatic carbocycles. The van der Waals surface area contributed by atoms with Gasteiger partial charge in [0.1, 0.15) is 11.6 Å². The molecule has 0 unspecified atom stereocenters. The molecule has 1 aromatic heterocycles. The van der Waals surface area contributed by atoms with Gasteiger partial charge in [-0.15, -0.1) is 0 Å². The van der Waals surface area contributed by atoms with Crippen LogP contribution in [0.5, 0.6) is 5.75 Å². The number of carbonyl (C=O) groups excluding carboxylic acids is 1. The van der Waals surface area contributed by atoms with Crippen LogP contribution in [0.25, 0.3) is 11.3 Å².